The Balaban J connectivity index is 1.94. The summed E-state index contributed by atoms with van der Waals surface area (Å²) in [6.07, 6.45) is 0. The maximum absolute atomic E-state index is 13.9. The van der Waals surface area contributed by atoms with Gasteiger partial charge in [0.15, 0.2) is 0 Å². The van der Waals surface area contributed by atoms with E-state index >= 15 is 0 Å². The molecule has 4 heteroatoms. The summed E-state index contributed by atoms with van der Waals surface area (Å²) < 4.78 is 33.1. The van der Waals surface area contributed by atoms with Gasteiger partial charge in [-0.05, 0) is 41.5 Å². The zero-order valence-electron chi connectivity index (χ0n) is 12.7. The van der Waals surface area contributed by atoms with E-state index in [4.69, 9.17) is 4.74 Å². The Morgan fingerprint density at radius 1 is 0.917 bits per heavy atom. The van der Waals surface area contributed by atoms with Crippen LogP contribution in [-0.2, 0) is 6.61 Å². The van der Waals surface area contributed by atoms with Crippen molar-refractivity contribution in [3.63, 3.8) is 0 Å². The zero-order valence-corrected chi connectivity index (χ0v) is 12.7. The van der Waals surface area contributed by atoms with Crippen LogP contribution in [0, 0.1) is 23.0 Å². The second-order valence-electron chi connectivity index (χ2n) is 5.22. The summed E-state index contributed by atoms with van der Waals surface area (Å²) in [5.74, 6) is -0.722. The molecule has 0 aliphatic heterocycles. The minimum absolute atomic E-state index is 0.129. The van der Waals surface area contributed by atoms with Gasteiger partial charge in [0.05, 0.1) is 5.56 Å². The molecule has 0 fully saturated rings. The topological polar surface area (TPSA) is 33.0 Å². The Labute approximate surface area is 138 Å². The van der Waals surface area contributed by atoms with Crippen molar-refractivity contribution in [2.75, 3.05) is 0 Å². The predicted molar refractivity (Wildman–Crippen MR) is 87.3 cm³/mol. The van der Waals surface area contributed by atoms with Crippen LogP contribution in [0.3, 0.4) is 0 Å². The number of halogens is 2. The molecule has 0 radical (unpaired) electrons. The Bertz CT molecular complexity index is 901. The molecule has 3 aromatic rings. The lowest BCUT2D eigenvalue weighted by Gasteiger charge is -2.11. The minimum atomic E-state index is -0.532. The lowest BCUT2D eigenvalue weighted by Crippen LogP contribution is -1.98. The number of hydrogen-bond acceptors (Lipinski definition) is 2. The predicted octanol–water partition coefficient (Wildman–Crippen LogP) is 5.08. The molecule has 2 nitrogen and oxygen atoms in total. The lowest BCUT2D eigenvalue weighted by molar-refractivity contribution is 0.305. The molecule has 3 rings (SSSR count). The summed E-state index contributed by atoms with van der Waals surface area (Å²) in [6, 6.07) is 19.5. The highest BCUT2D eigenvalue weighted by atomic mass is 19.1. The van der Waals surface area contributed by atoms with Gasteiger partial charge in [0.25, 0.3) is 0 Å². The maximum Gasteiger partial charge on any atom is 0.138 e. The smallest absolute Gasteiger partial charge is 0.138 e. The van der Waals surface area contributed by atoms with Crippen LogP contribution in [0.25, 0.3) is 11.1 Å². The molecule has 0 aromatic heterocycles. The Morgan fingerprint density at radius 2 is 1.71 bits per heavy atom. The summed E-state index contributed by atoms with van der Waals surface area (Å²) in [5.41, 5.74) is 1.87. The van der Waals surface area contributed by atoms with Gasteiger partial charge in [-0.15, -0.1) is 0 Å². The fourth-order valence-corrected chi connectivity index (χ4v) is 2.36. The van der Waals surface area contributed by atoms with E-state index in [9.17, 15) is 14.0 Å². The molecule has 0 unspecified atom stereocenters. The Morgan fingerprint density at radius 3 is 2.46 bits per heavy atom. The van der Waals surface area contributed by atoms with Gasteiger partial charge in [0.1, 0.15) is 30.1 Å². The van der Waals surface area contributed by atoms with Crippen molar-refractivity contribution in [1.29, 1.82) is 5.26 Å². The summed E-state index contributed by atoms with van der Waals surface area (Å²) >= 11 is 0. The van der Waals surface area contributed by atoms with Crippen molar-refractivity contribution in [2.24, 2.45) is 0 Å². The van der Waals surface area contributed by atoms with Crippen LogP contribution < -0.4 is 4.74 Å². The molecule has 0 atom stereocenters. The maximum atomic E-state index is 13.9. The van der Waals surface area contributed by atoms with Crippen LogP contribution in [-0.4, -0.2) is 0 Å². The third-order valence-electron chi connectivity index (χ3n) is 3.58. The van der Waals surface area contributed by atoms with Crippen LogP contribution in [0.4, 0.5) is 8.78 Å². The first-order chi connectivity index (χ1) is 11.7. The van der Waals surface area contributed by atoms with Gasteiger partial charge in [-0.2, -0.15) is 5.26 Å². The first-order valence-electron chi connectivity index (χ1n) is 7.33. The molecule has 24 heavy (non-hydrogen) atoms. The van der Waals surface area contributed by atoms with E-state index in [1.807, 2.05) is 36.4 Å². The van der Waals surface area contributed by atoms with Crippen molar-refractivity contribution in [3.8, 4) is 22.9 Å². The van der Waals surface area contributed by atoms with Crippen molar-refractivity contribution >= 4 is 0 Å². The summed E-state index contributed by atoms with van der Waals surface area (Å²) in [6.45, 7) is 0.282. The molecular formula is C20H13F2NO. The van der Waals surface area contributed by atoms with E-state index in [0.717, 1.165) is 23.8 Å². The van der Waals surface area contributed by atoms with E-state index in [2.05, 4.69) is 0 Å². The molecule has 0 aliphatic rings. The average molecular weight is 321 g/mol. The quantitative estimate of drug-likeness (QED) is 0.671. The molecule has 0 saturated heterocycles. The van der Waals surface area contributed by atoms with E-state index in [1.165, 1.54) is 0 Å². The van der Waals surface area contributed by atoms with Crippen LogP contribution in [0.5, 0.6) is 5.75 Å². The molecular weight excluding hydrogens is 308 g/mol. The van der Waals surface area contributed by atoms with Crippen molar-refractivity contribution in [2.45, 2.75) is 6.61 Å². The molecule has 0 saturated carbocycles. The van der Waals surface area contributed by atoms with Gasteiger partial charge in [-0.3, -0.25) is 0 Å². The molecule has 0 bridgehead atoms. The van der Waals surface area contributed by atoms with Crippen molar-refractivity contribution in [1.82, 2.24) is 0 Å². The highest BCUT2D eigenvalue weighted by molar-refractivity contribution is 5.68. The number of rotatable bonds is 4. The van der Waals surface area contributed by atoms with Crippen molar-refractivity contribution in [3.05, 3.63) is 89.5 Å². The fourth-order valence-electron chi connectivity index (χ4n) is 2.36. The highest BCUT2D eigenvalue weighted by Gasteiger charge is 2.11. The summed E-state index contributed by atoms with van der Waals surface area (Å²) in [7, 11) is 0. The molecule has 0 aliphatic carbocycles. The number of benzene rings is 3. The van der Waals surface area contributed by atoms with Gasteiger partial charge in [0.2, 0.25) is 0 Å². The average Bonchev–Trinajstić information content (AvgIpc) is 2.62. The number of nitrogens with zero attached hydrogens (tertiary/aromatic N) is 1. The van der Waals surface area contributed by atoms with Crippen LogP contribution in [0.1, 0.15) is 11.1 Å². The molecule has 0 spiro atoms. The number of hydrogen-bond donors (Lipinski definition) is 0. The Kier molecular flexibility index (Phi) is 4.53. The Hall–Kier alpha value is -3.19. The minimum Gasteiger partial charge on any atom is -0.488 e. The largest absolute Gasteiger partial charge is 0.488 e. The SMILES string of the molecule is N#Cc1ccc(-c2cc(F)ccc2F)cc1OCc1ccccc1. The monoisotopic (exact) mass is 321 g/mol. The van der Waals surface area contributed by atoms with Gasteiger partial charge in [-0.25, -0.2) is 8.78 Å². The van der Waals surface area contributed by atoms with Crippen molar-refractivity contribution < 1.29 is 13.5 Å². The first-order valence-corrected chi connectivity index (χ1v) is 7.33. The lowest BCUT2D eigenvalue weighted by atomic mass is 10.0. The van der Waals surface area contributed by atoms with E-state index < -0.39 is 11.6 Å². The van der Waals surface area contributed by atoms with Gasteiger partial charge in [-0.1, -0.05) is 36.4 Å². The van der Waals surface area contributed by atoms with E-state index in [1.54, 1.807) is 18.2 Å². The highest BCUT2D eigenvalue weighted by Crippen LogP contribution is 2.30. The summed E-state index contributed by atoms with van der Waals surface area (Å²) in [4.78, 5) is 0. The first kappa shape index (κ1) is 15.7. The van der Waals surface area contributed by atoms with Crippen LogP contribution >= 0.6 is 0 Å². The number of nitriles is 1. The fraction of sp³-hybridized carbons (Fsp3) is 0.0500. The second-order valence-corrected chi connectivity index (χ2v) is 5.22. The molecule has 118 valence electrons. The van der Waals surface area contributed by atoms with Gasteiger partial charge in [0, 0.05) is 5.56 Å². The van der Waals surface area contributed by atoms with E-state index in [0.29, 0.717) is 16.9 Å². The number of ether oxygens (including phenoxy) is 1. The third-order valence-corrected chi connectivity index (χ3v) is 3.58. The normalized spacial score (nSPS) is 10.2. The van der Waals surface area contributed by atoms with E-state index in [-0.39, 0.29) is 12.2 Å². The van der Waals surface area contributed by atoms with Crippen LogP contribution in [0.2, 0.25) is 0 Å². The van der Waals surface area contributed by atoms with Gasteiger partial charge >= 0.3 is 0 Å². The third kappa shape index (κ3) is 3.41. The van der Waals surface area contributed by atoms with Gasteiger partial charge < -0.3 is 4.74 Å². The molecule has 0 amide bonds. The van der Waals surface area contributed by atoms with Crippen LogP contribution in [0.15, 0.2) is 66.7 Å². The molecule has 0 heterocycles. The zero-order chi connectivity index (χ0) is 16.9. The molecule has 0 N–H and O–H groups in total. The second kappa shape index (κ2) is 6.93. The standard InChI is InChI=1S/C20H13F2NO/c21-17-8-9-19(22)18(11-17)15-6-7-16(12-23)20(10-15)24-13-14-4-2-1-3-5-14/h1-11H,13H2. The summed E-state index contributed by atoms with van der Waals surface area (Å²) in [5, 5.41) is 9.21. The molecule has 3 aromatic carbocycles.